The summed E-state index contributed by atoms with van der Waals surface area (Å²) in [5, 5.41) is 15.4. The van der Waals surface area contributed by atoms with Crippen molar-refractivity contribution in [3.63, 3.8) is 0 Å². The van der Waals surface area contributed by atoms with Crippen molar-refractivity contribution in [3.05, 3.63) is 28.2 Å². The summed E-state index contributed by atoms with van der Waals surface area (Å²) >= 11 is 3.31. The summed E-state index contributed by atoms with van der Waals surface area (Å²) in [6.45, 7) is 1.13. The average Bonchev–Trinajstić information content (AvgIpc) is 2.37. The number of rotatable bonds is 5. The van der Waals surface area contributed by atoms with Gasteiger partial charge in [-0.3, -0.25) is 9.59 Å². The molecule has 0 atom stereocenters. The quantitative estimate of drug-likeness (QED) is 0.641. The first-order valence-electron chi connectivity index (χ1n) is 5.68. The minimum absolute atomic E-state index is 0.303. The van der Waals surface area contributed by atoms with E-state index in [2.05, 4.69) is 31.9 Å². The van der Waals surface area contributed by atoms with Crippen LogP contribution in [-0.4, -0.2) is 36.1 Å². The number of benzene rings is 1. The van der Waals surface area contributed by atoms with Crippen molar-refractivity contribution < 1.29 is 19.5 Å². The number of halogens is 1. The van der Waals surface area contributed by atoms with Gasteiger partial charge in [0.05, 0.1) is 12.2 Å². The number of nitrogens with one attached hydrogen (secondary N) is 3. The minimum atomic E-state index is -1.15. The van der Waals surface area contributed by atoms with Crippen LogP contribution in [0.4, 0.5) is 10.5 Å². The zero-order valence-corrected chi connectivity index (χ0v) is 12.3. The molecule has 0 spiro atoms. The molecule has 1 aromatic carbocycles. The SMILES string of the molecule is Cc1ccc(NC(=O)NCC(=O)NCC(=O)O)c(Br)c1. The third-order valence-electron chi connectivity index (χ3n) is 2.22. The summed E-state index contributed by atoms with van der Waals surface area (Å²) in [6, 6.07) is 4.85. The maximum atomic E-state index is 11.6. The molecule has 3 amide bonds. The summed E-state index contributed by atoms with van der Waals surface area (Å²) in [4.78, 5) is 33.0. The predicted octanol–water partition coefficient (Wildman–Crippen LogP) is 1.08. The second-order valence-electron chi connectivity index (χ2n) is 3.96. The van der Waals surface area contributed by atoms with Gasteiger partial charge in [-0.05, 0) is 40.5 Å². The Bertz CT molecular complexity index is 533. The second kappa shape index (κ2) is 7.49. The van der Waals surface area contributed by atoms with Crippen molar-refractivity contribution in [1.82, 2.24) is 10.6 Å². The van der Waals surface area contributed by atoms with Gasteiger partial charge in [-0.25, -0.2) is 4.79 Å². The second-order valence-corrected chi connectivity index (χ2v) is 4.82. The molecular formula is C12H14BrN3O4. The van der Waals surface area contributed by atoms with Gasteiger partial charge in [-0.2, -0.15) is 0 Å². The van der Waals surface area contributed by atoms with E-state index in [1.807, 2.05) is 19.1 Å². The fraction of sp³-hybridized carbons (Fsp3) is 0.250. The Morgan fingerprint density at radius 2 is 1.90 bits per heavy atom. The lowest BCUT2D eigenvalue weighted by Gasteiger charge is -2.09. The van der Waals surface area contributed by atoms with Gasteiger partial charge >= 0.3 is 12.0 Å². The normalized spacial score (nSPS) is 9.70. The van der Waals surface area contributed by atoms with Crippen molar-refractivity contribution in [2.75, 3.05) is 18.4 Å². The van der Waals surface area contributed by atoms with Crippen LogP contribution in [0.1, 0.15) is 5.56 Å². The van der Waals surface area contributed by atoms with E-state index in [1.165, 1.54) is 0 Å². The molecule has 0 aliphatic rings. The Hall–Kier alpha value is -2.09. The molecule has 1 rings (SSSR count). The summed E-state index contributed by atoms with van der Waals surface area (Å²) in [7, 11) is 0. The van der Waals surface area contributed by atoms with Crippen LogP contribution in [0.15, 0.2) is 22.7 Å². The van der Waals surface area contributed by atoms with E-state index in [9.17, 15) is 14.4 Å². The lowest BCUT2D eigenvalue weighted by atomic mass is 10.2. The molecule has 0 bridgehead atoms. The molecule has 4 N–H and O–H groups in total. The molecule has 0 unspecified atom stereocenters. The van der Waals surface area contributed by atoms with Crippen molar-refractivity contribution >= 4 is 39.5 Å². The molecule has 1 aromatic rings. The first kappa shape index (κ1) is 16.0. The van der Waals surface area contributed by atoms with Gasteiger partial charge in [0, 0.05) is 4.47 Å². The molecule has 0 saturated carbocycles. The molecule has 0 fully saturated rings. The number of amides is 3. The smallest absolute Gasteiger partial charge is 0.322 e. The zero-order valence-electron chi connectivity index (χ0n) is 10.7. The highest BCUT2D eigenvalue weighted by Crippen LogP contribution is 2.22. The first-order chi connectivity index (χ1) is 9.38. The Morgan fingerprint density at radius 1 is 1.20 bits per heavy atom. The largest absolute Gasteiger partial charge is 0.480 e. The maximum absolute atomic E-state index is 11.6. The van der Waals surface area contributed by atoms with E-state index < -0.39 is 24.5 Å². The van der Waals surface area contributed by atoms with Crippen LogP contribution in [-0.2, 0) is 9.59 Å². The zero-order chi connectivity index (χ0) is 15.1. The summed E-state index contributed by atoms with van der Waals surface area (Å²) < 4.78 is 0.725. The Balaban J connectivity index is 2.40. The summed E-state index contributed by atoms with van der Waals surface area (Å²) in [6.07, 6.45) is 0. The Morgan fingerprint density at radius 3 is 2.50 bits per heavy atom. The van der Waals surface area contributed by atoms with Crippen LogP contribution >= 0.6 is 15.9 Å². The fourth-order valence-electron chi connectivity index (χ4n) is 1.29. The molecule has 7 nitrogen and oxygen atoms in total. The van der Waals surface area contributed by atoms with Crippen molar-refractivity contribution in [1.29, 1.82) is 0 Å². The molecule has 0 radical (unpaired) electrons. The number of carboxylic acid groups (broad SMARTS) is 1. The van der Waals surface area contributed by atoms with Gasteiger partial charge in [0.2, 0.25) is 5.91 Å². The molecule has 8 heteroatoms. The Labute approximate surface area is 123 Å². The number of aryl methyl sites for hydroxylation is 1. The van der Waals surface area contributed by atoms with E-state index in [-0.39, 0.29) is 6.54 Å². The van der Waals surface area contributed by atoms with E-state index >= 15 is 0 Å². The highest BCUT2D eigenvalue weighted by atomic mass is 79.9. The third-order valence-corrected chi connectivity index (χ3v) is 2.88. The van der Waals surface area contributed by atoms with Crippen molar-refractivity contribution in [3.8, 4) is 0 Å². The van der Waals surface area contributed by atoms with Crippen molar-refractivity contribution in [2.24, 2.45) is 0 Å². The highest BCUT2D eigenvalue weighted by Gasteiger charge is 2.08. The number of urea groups is 1. The van der Waals surface area contributed by atoms with Crippen LogP contribution in [0.3, 0.4) is 0 Å². The minimum Gasteiger partial charge on any atom is -0.480 e. The van der Waals surface area contributed by atoms with E-state index in [1.54, 1.807) is 6.07 Å². The van der Waals surface area contributed by atoms with Gasteiger partial charge in [0.25, 0.3) is 0 Å². The standard InChI is InChI=1S/C12H14BrN3O4/c1-7-2-3-9(8(13)4-7)16-12(20)15-5-10(17)14-6-11(18)19/h2-4H,5-6H2,1H3,(H,14,17)(H,18,19)(H2,15,16,20). The number of carboxylic acids is 1. The Kier molecular flexibility index (Phi) is 5.98. The molecule has 20 heavy (non-hydrogen) atoms. The molecule has 108 valence electrons. The van der Waals surface area contributed by atoms with Crippen LogP contribution in [0.25, 0.3) is 0 Å². The van der Waals surface area contributed by atoms with Crippen molar-refractivity contribution in [2.45, 2.75) is 6.92 Å². The molecule has 0 aromatic heterocycles. The third kappa shape index (κ3) is 5.70. The highest BCUT2D eigenvalue weighted by molar-refractivity contribution is 9.10. The molecule has 0 aliphatic carbocycles. The summed E-state index contributed by atoms with van der Waals surface area (Å²) in [5.41, 5.74) is 1.61. The van der Waals surface area contributed by atoms with Crippen LogP contribution in [0, 0.1) is 6.92 Å². The van der Waals surface area contributed by atoms with Crippen LogP contribution < -0.4 is 16.0 Å². The maximum Gasteiger partial charge on any atom is 0.322 e. The molecule has 0 heterocycles. The number of hydrogen-bond acceptors (Lipinski definition) is 3. The van der Waals surface area contributed by atoms with Gasteiger partial charge in [0.1, 0.15) is 6.54 Å². The fourth-order valence-corrected chi connectivity index (χ4v) is 1.88. The lowest BCUT2D eigenvalue weighted by molar-refractivity contribution is -0.137. The van der Waals surface area contributed by atoms with Gasteiger partial charge in [0.15, 0.2) is 0 Å². The molecule has 0 aliphatic heterocycles. The lowest BCUT2D eigenvalue weighted by Crippen LogP contribution is -2.40. The van der Waals surface area contributed by atoms with E-state index in [0.29, 0.717) is 5.69 Å². The first-order valence-corrected chi connectivity index (χ1v) is 6.47. The predicted molar refractivity (Wildman–Crippen MR) is 76.5 cm³/mol. The number of hydrogen-bond donors (Lipinski definition) is 4. The topological polar surface area (TPSA) is 108 Å². The van der Waals surface area contributed by atoms with Crippen LogP contribution in [0.5, 0.6) is 0 Å². The van der Waals surface area contributed by atoms with Gasteiger partial charge in [-0.15, -0.1) is 0 Å². The van der Waals surface area contributed by atoms with Crippen LogP contribution in [0.2, 0.25) is 0 Å². The average molecular weight is 344 g/mol. The van der Waals surface area contributed by atoms with E-state index in [0.717, 1.165) is 10.0 Å². The summed E-state index contributed by atoms with van der Waals surface area (Å²) in [5.74, 6) is -1.73. The molecular weight excluding hydrogens is 330 g/mol. The number of carbonyl (C=O) groups is 3. The number of anilines is 1. The number of carbonyl (C=O) groups excluding carboxylic acids is 2. The monoisotopic (exact) mass is 343 g/mol. The van der Waals surface area contributed by atoms with E-state index in [4.69, 9.17) is 5.11 Å². The molecule has 0 saturated heterocycles. The number of aliphatic carboxylic acids is 1. The van der Waals surface area contributed by atoms with Gasteiger partial charge < -0.3 is 21.1 Å². The van der Waals surface area contributed by atoms with Gasteiger partial charge in [-0.1, -0.05) is 6.07 Å².